The smallest absolute Gasteiger partial charge is 0.328 e. The first-order valence-corrected chi connectivity index (χ1v) is 7.82. The van der Waals surface area contributed by atoms with Gasteiger partial charge < -0.3 is 25.1 Å². The first-order chi connectivity index (χ1) is 12.9. The number of amides is 1. The number of aryl methyl sites for hydroxylation is 1. The summed E-state index contributed by atoms with van der Waals surface area (Å²) in [5, 5.41) is 19.5. The summed E-state index contributed by atoms with van der Waals surface area (Å²) in [5.74, 6) is -2.60. The van der Waals surface area contributed by atoms with Gasteiger partial charge in [-0.2, -0.15) is 0 Å². The van der Waals surface area contributed by atoms with E-state index in [0.717, 1.165) is 16.6 Å². The van der Waals surface area contributed by atoms with Crippen molar-refractivity contribution in [1.82, 2.24) is 19.9 Å². The summed E-state index contributed by atoms with van der Waals surface area (Å²) in [6.07, 6.45) is 6.33. The summed E-state index contributed by atoms with van der Waals surface area (Å²) in [6, 6.07) is 7.86. The average Bonchev–Trinajstić information content (AvgIpc) is 3.27. The van der Waals surface area contributed by atoms with Gasteiger partial charge in [0.2, 0.25) is 0 Å². The number of carboxylic acids is 2. The minimum absolute atomic E-state index is 0.0835. The lowest BCUT2D eigenvalue weighted by Gasteiger charge is -2.01. The Labute approximate surface area is 154 Å². The fourth-order valence-electron chi connectivity index (χ4n) is 2.32. The highest BCUT2D eigenvalue weighted by atomic mass is 16.4. The number of aromatic amines is 1. The monoisotopic (exact) mass is 370 g/mol. The number of aromatic nitrogens is 3. The summed E-state index contributed by atoms with van der Waals surface area (Å²) in [5.41, 5.74) is 2.55. The second-order valence-electron chi connectivity index (χ2n) is 5.42. The Hall–Kier alpha value is -3.88. The van der Waals surface area contributed by atoms with E-state index >= 15 is 0 Å². The largest absolute Gasteiger partial charge is 0.478 e. The predicted octanol–water partition coefficient (Wildman–Crippen LogP) is 1.54. The SMILES string of the molecule is Cn1cc(C(=O)NCc2c[nH]cn2)c2ccccc21.O=C(O)/C=C\C(=O)O. The first-order valence-electron chi connectivity index (χ1n) is 7.82. The number of carbonyl (C=O) groups is 3. The van der Waals surface area contributed by atoms with Crippen LogP contribution in [0.1, 0.15) is 16.1 Å². The molecular formula is C18H18N4O5. The molecule has 0 saturated heterocycles. The zero-order valence-electron chi connectivity index (χ0n) is 14.4. The van der Waals surface area contributed by atoms with Gasteiger partial charge in [0.25, 0.3) is 5.91 Å². The quantitative estimate of drug-likeness (QED) is 0.503. The van der Waals surface area contributed by atoms with Crippen molar-refractivity contribution in [2.45, 2.75) is 6.54 Å². The number of hydrogen-bond acceptors (Lipinski definition) is 4. The van der Waals surface area contributed by atoms with E-state index in [2.05, 4.69) is 15.3 Å². The molecule has 3 rings (SSSR count). The Morgan fingerprint density at radius 1 is 1.19 bits per heavy atom. The fourth-order valence-corrected chi connectivity index (χ4v) is 2.32. The van der Waals surface area contributed by atoms with Crippen LogP contribution in [0.4, 0.5) is 0 Å². The molecule has 0 unspecified atom stereocenters. The number of aliphatic carboxylic acids is 2. The maximum atomic E-state index is 12.2. The molecule has 0 bridgehead atoms. The normalized spacial score (nSPS) is 10.4. The van der Waals surface area contributed by atoms with Crippen LogP contribution >= 0.6 is 0 Å². The van der Waals surface area contributed by atoms with Crippen molar-refractivity contribution in [2.24, 2.45) is 7.05 Å². The number of H-pyrrole nitrogens is 1. The van der Waals surface area contributed by atoms with Gasteiger partial charge in [-0.15, -0.1) is 0 Å². The molecule has 0 atom stereocenters. The molecule has 0 spiro atoms. The van der Waals surface area contributed by atoms with E-state index in [1.165, 1.54) is 0 Å². The molecule has 2 heterocycles. The van der Waals surface area contributed by atoms with Gasteiger partial charge in [0.15, 0.2) is 0 Å². The number of fused-ring (bicyclic) bond motifs is 1. The minimum Gasteiger partial charge on any atom is -0.478 e. The van der Waals surface area contributed by atoms with Gasteiger partial charge in [0.05, 0.1) is 24.1 Å². The van der Waals surface area contributed by atoms with Crippen molar-refractivity contribution >= 4 is 28.7 Å². The molecule has 1 amide bonds. The highest BCUT2D eigenvalue weighted by Gasteiger charge is 2.13. The molecule has 2 aromatic heterocycles. The summed E-state index contributed by atoms with van der Waals surface area (Å²) < 4.78 is 1.96. The number of rotatable bonds is 5. The van der Waals surface area contributed by atoms with Crippen LogP contribution in [0.15, 0.2) is 55.1 Å². The lowest BCUT2D eigenvalue weighted by atomic mass is 10.1. The number of hydrogen-bond donors (Lipinski definition) is 4. The van der Waals surface area contributed by atoms with Gasteiger partial charge >= 0.3 is 11.9 Å². The molecule has 0 aliphatic carbocycles. The number of imidazole rings is 1. The summed E-state index contributed by atoms with van der Waals surface area (Å²) in [6.45, 7) is 0.422. The lowest BCUT2D eigenvalue weighted by molar-refractivity contribution is -0.134. The second-order valence-corrected chi connectivity index (χ2v) is 5.42. The number of nitrogens with zero attached hydrogens (tertiary/aromatic N) is 2. The topological polar surface area (TPSA) is 137 Å². The van der Waals surface area contributed by atoms with Crippen molar-refractivity contribution < 1.29 is 24.6 Å². The third kappa shape index (κ3) is 5.56. The van der Waals surface area contributed by atoms with Crippen molar-refractivity contribution in [1.29, 1.82) is 0 Å². The number of carbonyl (C=O) groups excluding carboxylic acids is 1. The summed E-state index contributed by atoms with van der Waals surface area (Å²) >= 11 is 0. The number of carboxylic acid groups (broad SMARTS) is 2. The molecule has 0 saturated carbocycles. The van der Waals surface area contributed by atoms with Crippen LogP contribution in [0.5, 0.6) is 0 Å². The number of nitrogens with one attached hydrogen (secondary N) is 2. The van der Waals surface area contributed by atoms with Crippen molar-refractivity contribution in [3.05, 3.63) is 66.4 Å². The van der Waals surface area contributed by atoms with Crippen LogP contribution in [0.2, 0.25) is 0 Å². The van der Waals surface area contributed by atoms with Gasteiger partial charge in [-0.1, -0.05) is 18.2 Å². The number of para-hydroxylation sites is 1. The fraction of sp³-hybridized carbons (Fsp3) is 0.111. The molecule has 27 heavy (non-hydrogen) atoms. The van der Waals surface area contributed by atoms with Crippen LogP contribution in [0.3, 0.4) is 0 Å². The molecule has 0 radical (unpaired) electrons. The molecule has 9 heteroatoms. The predicted molar refractivity (Wildman–Crippen MR) is 97.1 cm³/mol. The van der Waals surface area contributed by atoms with Crippen LogP contribution in [0, 0.1) is 0 Å². The van der Waals surface area contributed by atoms with Crippen LogP contribution in [-0.2, 0) is 23.2 Å². The number of benzene rings is 1. The van der Waals surface area contributed by atoms with Gasteiger partial charge in [-0.05, 0) is 6.07 Å². The molecule has 140 valence electrons. The maximum Gasteiger partial charge on any atom is 0.328 e. The van der Waals surface area contributed by atoms with Crippen molar-refractivity contribution in [3.8, 4) is 0 Å². The van der Waals surface area contributed by atoms with E-state index < -0.39 is 11.9 Å². The Morgan fingerprint density at radius 2 is 1.85 bits per heavy atom. The van der Waals surface area contributed by atoms with Crippen LogP contribution < -0.4 is 5.32 Å². The second kappa shape index (κ2) is 8.99. The molecule has 0 fully saturated rings. The molecule has 4 N–H and O–H groups in total. The van der Waals surface area contributed by atoms with E-state index in [1.54, 1.807) is 12.5 Å². The van der Waals surface area contributed by atoms with E-state index in [9.17, 15) is 14.4 Å². The standard InChI is InChI=1S/C14H14N4O.C4H4O4/c1-18-8-12(11-4-2-3-5-13(11)18)14(19)16-7-10-6-15-9-17-10;5-3(6)1-2-4(7)8/h2-6,8-9H,7H2,1H3,(H,15,17)(H,16,19);1-2H,(H,5,6)(H,7,8)/b;2-1-. The summed E-state index contributed by atoms with van der Waals surface area (Å²) in [7, 11) is 1.94. The maximum absolute atomic E-state index is 12.2. The Morgan fingerprint density at radius 3 is 2.44 bits per heavy atom. The van der Waals surface area contributed by atoms with Gasteiger partial charge in [-0.25, -0.2) is 14.6 Å². The molecule has 9 nitrogen and oxygen atoms in total. The highest BCUT2D eigenvalue weighted by molar-refractivity contribution is 6.06. The lowest BCUT2D eigenvalue weighted by Crippen LogP contribution is -2.22. The highest BCUT2D eigenvalue weighted by Crippen LogP contribution is 2.20. The van der Waals surface area contributed by atoms with E-state index in [0.29, 0.717) is 24.3 Å². The zero-order valence-corrected chi connectivity index (χ0v) is 14.4. The third-order valence-corrected chi connectivity index (χ3v) is 3.49. The Bertz CT molecular complexity index is 957. The molecule has 3 aromatic rings. The third-order valence-electron chi connectivity index (χ3n) is 3.49. The Balaban J connectivity index is 0.000000279. The Kier molecular flexibility index (Phi) is 6.48. The van der Waals surface area contributed by atoms with Crippen molar-refractivity contribution in [2.75, 3.05) is 0 Å². The van der Waals surface area contributed by atoms with Gasteiger partial charge in [-0.3, -0.25) is 4.79 Å². The van der Waals surface area contributed by atoms with Crippen LogP contribution in [0.25, 0.3) is 10.9 Å². The molecule has 0 aliphatic rings. The van der Waals surface area contributed by atoms with E-state index in [-0.39, 0.29) is 5.91 Å². The zero-order chi connectivity index (χ0) is 19.8. The molecule has 0 aliphatic heterocycles. The minimum atomic E-state index is -1.26. The van der Waals surface area contributed by atoms with Gasteiger partial charge in [0, 0.05) is 42.5 Å². The van der Waals surface area contributed by atoms with Crippen LogP contribution in [-0.4, -0.2) is 42.6 Å². The first kappa shape index (κ1) is 19.4. The van der Waals surface area contributed by atoms with Crippen molar-refractivity contribution in [3.63, 3.8) is 0 Å². The van der Waals surface area contributed by atoms with E-state index in [1.807, 2.05) is 42.1 Å². The van der Waals surface area contributed by atoms with Gasteiger partial charge in [0.1, 0.15) is 0 Å². The van der Waals surface area contributed by atoms with E-state index in [4.69, 9.17) is 10.2 Å². The average molecular weight is 370 g/mol. The molecule has 1 aromatic carbocycles. The summed E-state index contributed by atoms with van der Waals surface area (Å²) in [4.78, 5) is 38.2. The molecular weight excluding hydrogens is 352 g/mol.